The normalized spacial score (nSPS) is 16.4. The molecule has 32 heteroatoms. The summed E-state index contributed by atoms with van der Waals surface area (Å²) in [6.07, 6.45) is -1.43. The first-order chi connectivity index (χ1) is 38.2. The van der Waals surface area contributed by atoms with Crippen LogP contribution in [0.1, 0.15) is 113 Å². The fourth-order valence-corrected chi connectivity index (χ4v) is 8.31. The zero-order valence-electron chi connectivity index (χ0n) is 47.8. The van der Waals surface area contributed by atoms with Gasteiger partial charge in [-0.25, -0.2) is 4.79 Å². The van der Waals surface area contributed by atoms with Crippen LogP contribution in [0.4, 0.5) is 0 Å². The van der Waals surface area contributed by atoms with Crippen molar-refractivity contribution in [2.45, 2.75) is 174 Å². The molecule has 1 rings (SSSR count). The number of nitrogens with one attached hydrogen (secondary N) is 9. The average Bonchev–Trinajstić information content (AvgIpc) is 4.05. The van der Waals surface area contributed by atoms with E-state index in [-0.39, 0.29) is 63.0 Å². The molecule has 0 radical (unpaired) electrons. The molecule has 464 valence electrons. The third-order valence-corrected chi connectivity index (χ3v) is 12.7. The Hall–Kier alpha value is -7.74. The highest BCUT2D eigenvalue weighted by Crippen LogP contribution is 2.21. The van der Waals surface area contributed by atoms with Gasteiger partial charge in [0.2, 0.25) is 65.0 Å². The highest BCUT2D eigenvalue weighted by atomic mass is 16.4. The molecular weight excluding hydrogens is 1080 g/mol. The number of carbonyl (C=O) groups excluding carboxylic acids is 11. The fraction of sp³-hybridized carbons (Fsp3) is 0.720. The number of hydrogen-bond donors (Lipinski definition) is 17. The fourth-order valence-electron chi connectivity index (χ4n) is 8.31. The number of guanidine groups is 1. The Bertz CT molecular complexity index is 2280. The average molecular weight is 1170 g/mol. The number of carbonyl (C=O) groups is 13. The van der Waals surface area contributed by atoms with Crippen molar-refractivity contribution in [3.05, 3.63) is 0 Å². The minimum absolute atomic E-state index is 0.00518. The molecule has 1 fully saturated rings. The van der Waals surface area contributed by atoms with Crippen LogP contribution in [0.5, 0.6) is 0 Å². The maximum absolute atomic E-state index is 14.2. The lowest BCUT2D eigenvalue weighted by Crippen LogP contribution is -2.60. The number of amides is 11. The monoisotopic (exact) mass is 1170 g/mol. The van der Waals surface area contributed by atoms with Crippen LogP contribution >= 0.6 is 0 Å². The first-order valence-corrected chi connectivity index (χ1v) is 27.0. The summed E-state index contributed by atoms with van der Waals surface area (Å²) in [5.74, 6) is -14.9. The molecule has 32 nitrogen and oxygen atoms in total. The summed E-state index contributed by atoms with van der Waals surface area (Å²) in [6, 6.07) is -14.3. The highest BCUT2D eigenvalue weighted by molar-refractivity contribution is 5.99. The molecule has 10 atom stereocenters. The van der Waals surface area contributed by atoms with Gasteiger partial charge >= 0.3 is 11.9 Å². The van der Waals surface area contributed by atoms with Crippen molar-refractivity contribution >= 4 is 82.9 Å². The van der Waals surface area contributed by atoms with Gasteiger partial charge in [0.05, 0.1) is 26.2 Å². The number of aliphatic hydroxyl groups is 2. The van der Waals surface area contributed by atoms with E-state index in [9.17, 15) is 77.6 Å². The summed E-state index contributed by atoms with van der Waals surface area (Å²) >= 11 is 0. The van der Waals surface area contributed by atoms with E-state index >= 15 is 0 Å². The number of aliphatic imine (C=N–C) groups is 1. The van der Waals surface area contributed by atoms with Crippen molar-refractivity contribution in [2.24, 2.45) is 51.6 Å². The maximum atomic E-state index is 14.2. The first kappa shape index (κ1) is 72.3. The topological polar surface area (TPSA) is 531 Å². The molecule has 0 aromatic heterocycles. The molecule has 0 unspecified atom stereocenters. The molecule has 82 heavy (non-hydrogen) atoms. The number of rotatable bonds is 37. The van der Waals surface area contributed by atoms with E-state index in [1.54, 1.807) is 55.4 Å². The quantitative estimate of drug-likeness (QED) is 0.0156. The zero-order valence-corrected chi connectivity index (χ0v) is 47.8. The summed E-state index contributed by atoms with van der Waals surface area (Å²) in [4.78, 5) is 176. The molecule has 1 saturated heterocycles. The van der Waals surface area contributed by atoms with Gasteiger partial charge in [0.1, 0.15) is 60.4 Å². The number of likely N-dealkylation sites (tertiary alicyclic amines) is 1. The molecule has 0 aliphatic carbocycles. The summed E-state index contributed by atoms with van der Waals surface area (Å²) < 4.78 is 0. The van der Waals surface area contributed by atoms with Crippen LogP contribution in [0.15, 0.2) is 4.99 Å². The summed E-state index contributed by atoms with van der Waals surface area (Å²) in [5, 5.41) is 59.6. The smallest absolute Gasteiger partial charge is 0.326 e. The Labute approximate surface area is 475 Å². The molecule has 0 aromatic rings. The third kappa shape index (κ3) is 25.8. The number of carboxylic acid groups (broad SMARTS) is 2. The lowest BCUT2D eigenvalue weighted by atomic mass is 9.98. The van der Waals surface area contributed by atoms with Gasteiger partial charge in [-0.3, -0.25) is 62.5 Å². The van der Waals surface area contributed by atoms with Gasteiger partial charge in [-0.05, 0) is 68.6 Å². The van der Waals surface area contributed by atoms with E-state index in [1.807, 2.05) is 5.32 Å². The lowest BCUT2D eigenvalue weighted by Gasteiger charge is -2.31. The molecular formula is C50H87N15O17. The second-order valence-electron chi connectivity index (χ2n) is 21.4. The number of primary amides is 1. The van der Waals surface area contributed by atoms with Crippen LogP contribution in [0, 0.1) is 23.7 Å². The van der Waals surface area contributed by atoms with Crippen molar-refractivity contribution in [1.82, 2.24) is 52.8 Å². The van der Waals surface area contributed by atoms with Crippen molar-refractivity contribution in [3.63, 3.8) is 0 Å². The van der Waals surface area contributed by atoms with Gasteiger partial charge in [-0.15, -0.1) is 0 Å². The molecule has 1 aliphatic heterocycles. The van der Waals surface area contributed by atoms with Crippen LogP contribution < -0.4 is 70.8 Å². The van der Waals surface area contributed by atoms with Gasteiger partial charge in [-0.1, -0.05) is 55.4 Å². The maximum Gasteiger partial charge on any atom is 0.326 e. The molecule has 11 amide bonds. The Morgan fingerprint density at radius 3 is 1.51 bits per heavy atom. The number of aliphatic hydroxyl groups excluding tert-OH is 2. The second-order valence-corrected chi connectivity index (χ2v) is 21.4. The van der Waals surface area contributed by atoms with Crippen LogP contribution in [-0.4, -0.2) is 201 Å². The number of aliphatic carboxylic acids is 2. The number of carboxylic acids is 2. The summed E-state index contributed by atoms with van der Waals surface area (Å²) in [7, 11) is 0. The SMILES string of the molecule is CC(C)C[C@H](NC(=O)[C@H](CC(C)C)NC(=O)[C@H](CCCN=C(N)N)NC(=O)[C@@H](NC(=O)CNC(=O)[C@@H]1CCCN1C(=O)[C@@H](NC(=O)[C@H](CO)NC(=O)[C@@H](N)CO)C(C)C)C(C)C)C(=O)N[C@@H](CCC(N)=O)C(=O)N[C@@H](CC(=O)O)C(=O)O. The summed E-state index contributed by atoms with van der Waals surface area (Å²) in [6.45, 7) is 11.2. The van der Waals surface area contributed by atoms with Crippen LogP contribution in [-0.2, 0) is 62.3 Å². The van der Waals surface area contributed by atoms with Crippen molar-refractivity contribution in [3.8, 4) is 0 Å². The predicted octanol–water partition coefficient (Wildman–Crippen LogP) is -6.43. The number of nitrogens with two attached hydrogens (primary N) is 4. The van der Waals surface area contributed by atoms with Crippen molar-refractivity contribution in [1.29, 1.82) is 0 Å². The minimum atomic E-state index is -1.91. The van der Waals surface area contributed by atoms with E-state index in [0.29, 0.717) is 6.42 Å². The van der Waals surface area contributed by atoms with Gasteiger partial charge in [-0.2, -0.15) is 0 Å². The van der Waals surface area contributed by atoms with Crippen molar-refractivity contribution in [2.75, 3.05) is 32.8 Å². The predicted molar refractivity (Wildman–Crippen MR) is 292 cm³/mol. The molecule has 0 bridgehead atoms. The first-order valence-electron chi connectivity index (χ1n) is 27.0. The molecule has 1 heterocycles. The Kier molecular flexibility index (Phi) is 31.6. The Balaban J connectivity index is 3.36. The standard InChI is InChI=1S/C50H87N15O17/c1-23(2)17-30(43(75)57-29(13-14-35(52)68)42(74)61-32(49(81)82)19-37(70)71)60-44(76)31(18-24(3)4)59-41(73)28(11-9-15-55-50(53)54)58-47(79)38(25(5)6)63-36(69)20-56-46(78)34-12-10-16-65(34)48(80)39(26(7)8)64-45(77)33(22-67)62-40(72)27(51)21-66/h23-34,38-39,66-67H,9-22,51H2,1-8H3,(H2,52,68)(H,56,78)(H,57,75)(H,58,79)(H,59,73)(H,60,76)(H,61,74)(H,62,72)(H,63,69)(H,64,77)(H,70,71)(H,81,82)(H4,53,54,55)/t27-,28-,29-,30-,31-,32-,33-,34-,38-,39-/m0/s1. The van der Waals surface area contributed by atoms with Crippen LogP contribution in [0.2, 0.25) is 0 Å². The Morgan fingerprint density at radius 2 is 1.05 bits per heavy atom. The molecule has 0 spiro atoms. The number of nitrogens with zero attached hydrogens (tertiary/aromatic N) is 2. The van der Waals surface area contributed by atoms with Gasteiger partial charge in [0, 0.05) is 19.5 Å². The lowest BCUT2D eigenvalue weighted by molar-refractivity contribution is -0.147. The Morgan fingerprint density at radius 1 is 0.573 bits per heavy atom. The van der Waals surface area contributed by atoms with E-state index in [1.165, 1.54) is 4.90 Å². The molecule has 0 saturated carbocycles. The van der Waals surface area contributed by atoms with E-state index in [0.717, 1.165) is 0 Å². The number of hydrogen-bond acceptors (Lipinski definition) is 17. The molecule has 0 aromatic carbocycles. The third-order valence-electron chi connectivity index (χ3n) is 12.7. The summed E-state index contributed by atoms with van der Waals surface area (Å²) in [5.41, 5.74) is 21.8. The van der Waals surface area contributed by atoms with Crippen LogP contribution in [0.3, 0.4) is 0 Å². The van der Waals surface area contributed by atoms with Gasteiger partial charge in [0.15, 0.2) is 5.96 Å². The largest absolute Gasteiger partial charge is 0.481 e. The second kappa shape index (κ2) is 35.9. The molecule has 1 aliphatic rings. The highest BCUT2D eigenvalue weighted by Gasteiger charge is 2.40. The van der Waals surface area contributed by atoms with E-state index < -0.39 is 188 Å². The van der Waals surface area contributed by atoms with Crippen LogP contribution in [0.25, 0.3) is 0 Å². The van der Waals surface area contributed by atoms with Crippen molar-refractivity contribution < 1.29 is 82.8 Å². The zero-order chi connectivity index (χ0) is 62.7. The minimum Gasteiger partial charge on any atom is -0.481 e. The molecule has 21 N–H and O–H groups in total. The van der Waals surface area contributed by atoms with E-state index in [4.69, 9.17) is 28.0 Å². The van der Waals surface area contributed by atoms with Gasteiger partial charge in [0.25, 0.3) is 0 Å². The van der Waals surface area contributed by atoms with E-state index in [2.05, 4.69) is 47.5 Å². The van der Waals surface area contributed by atoms with Gasteiger partial charge < -0.3 is 96.1 Å².